The molecule has 4 aromatic heterocycles. The van der Waals surface area contributed by atoms with Crippen molar-refractivity contribution < 1.29 is 9.21 Å². The van der Waals surface area contributed by atoms with E-state index >= 15 is 0 Å². The largest absolute Gasteiger partial charge is 0.463 e. The van der Waals surface area contributed by atoms with E-state index in [1.165, 1.54) is 0 Å². The molecule has 1 amide bonds. The van der Waals surface area contributed by atoms with E-state index in [1.54, 1.807) is 6.26 Å². The van der Waals surface area contributed by atoms with Gasteiger partial charge < -0.3 is 25.3 Å². The quantitative estimate of drug-likeness (QED) is 0.344. The van der Waals surface area contributed by atoms with Crippen LogP contribution in [0.1, 0.15) is 25.7 Å². The highest BCUT2D eigenvalue weighted by Gasteiger charge is 2.34. The van der Waals surface area contributed by atoms with Crippen molar-refractivity contribution in [1.82, 2.24) is 35.2 Å². The number of piperidine rings is 1. The highest BCUT2D eigenvalue weighted by atomic mass is 16.3. The molecule has 0 radical (unpaired) electrons. The van der Waals surface area contributed by atoms with Gasteiger partial charge in [0, 0.05) is 31.4 Å². The molecule has 4 N–H and O–H groups in total. The average molecular weight is 462 g/mol. The molecule has 2 saturated heterocycles. The highest BCUT2D eigenvalue weighted by Crippen LogP contribution is 2.27. The molecule has 6 rings (SSSR count). The molecule has 0 bridgehead atoms. The van der Waals surface area contributed by atoms with Crippen LogP contribution in [0.15, 0.2) is 47.2 Å². The molecule has 2 atom stereocenters. The predicted octanol–water partition coefficient (Wildman–Crippen LogP) is 2.29. The smallest absolute Gasteiger partial charge is 0.243 e. The van der Waals surface area contributed by atoms with Crippen LogP contribution < -0.4 is 20.9 Å². The molecule has 2 aliphatic heterocycles. The van der Waals surface area contributed by atoms with Crippen LogP contribution in [0.2, 0.25) is 0 Å². The fourth-order valence-corrected chi connectivity index (χ4v) is 4.74. The number of fused-ring (bicyclic) bond motifs is 1. The molecule has 0 unspecified atom stereocenters. The molecule has 176 valence electrons. The number of hydrogen-bond acceptors (Lipinski definition) is 8. The summed E-state index contributed by atoms with van der Waals surface area (Å²) in [5.74, 6) is 2.47. The number of carbonyl (C=O) groups excluding carboxylic acids is 1. The number of aromatic amines is 1. The van der Waals surface area contributed by atoms with Crippen molar-refractivity contribution in [1.29, 1.82) is 0 Å². The van der Waals surface area contributed by atoms with E-state index in [0.717, 1.165) is 56.7 Å². The Labute approximate surface area is 196 Å². The predicted molar refractivity (Wildman–Crippen MR) is 127 cm³/mol. The summed E-state index contributed by atoms with van der Waals surface area (Å²) in [6, 6.07) is 9.31. The van der Waals surface area contributed by atoms with Gasteiger partial charge in [-0.15, -0.1) is 0 Å². The van der Waals surface area contributed by atoms with Crippen molar-refractivity contribution in [2.45, 2.75) is 37.8 Å². The minimum Gasteiger partial charge on any atom is -0.463 e. The van der Waals surface area contributed by atoms with Crippen molar-refractivity contribution in [3.8, 4) is 11.5 Å². The molecule has 0 saturated carbocycles. The fourth-order valence-electron chi connectivity index (χ4n) is 4.74. The molecule has 6 heterocycles. The summed E-state index contributed by atoms with van der Waals surface area (Å²) < 4.78 is 7.30. The summed E-state index contributed by atoms with van der Waals surface area (Å²) >= 11 is 0. The maximum absolute atomic E-state index is 13.1. The second kappa shape index (κ2) is 8.82. The number of anilines is 3. The minimum atomic E-state index is -0.275. The molecule has 4 aromatic rings. The number of amides is 1. The monoisotopic (exact) mass is 461 g/mol. The third-order valence-electron chi connectivity index (χ3n) is 6.44. The Morgan fingerprint density at radius 3 is 3.00 bits per heavy atom. The average Bonchev–Trinajstić information content (AvgIpc) is 3.66. The van der Waals surface area contributed by atoms with Gasteiger partial charge in [-0.1, -0.05) is 0 Å². The summed E-state index contributed by atoms with van der Waals surface area (Å²) in [7, 11) is 0. The van der Waals surface area contributed by atoms with Gasteiger partial charge in [-0.05, 0) is 56.5 Å². The number of nitrogens with zero attached hydrogens (tertiary/aromatic N) is 5. The molecule has 0 spiro atoms. The Hall–Kier alpha value is -3.86. The molecule has 11 nitrogen and oxygen atoms in total. The molecule has 0 aromatic carbocycles. The first-order chi connectivity index (χ1) is 16.7. The maximum Gasteiger partial charge on any atom is 0.243 e. The van der Waals surface area contributed by atoms with E-state index in [0.29, 0.717) is 23.5 Å². The lowest BCUT2D eigenvalue weighted by molar-refractivity contribution is -0.123. The molecule has 0 aliphatic carbocycles. The van der Waals surface area contributed by atoms with E-state index in [1.807, 2.05) is 45.8 Å². The first-order valence-electron chi connectivity index (χ1n) is 11.7. The van der Waals surface area contributed by atoms with Crippen LogP contribution in [-0.4, -0.2) is 62.2 Å². The second-order valence-corrected chi connectivity index (χ2v) is 8.76. The zero-order valence-corrected chi connectivity index (χ0v) is 18.7. The Bertz CT molecular complexity index is 1270. The van der Waals surface area contributed by atoms with Gasteiger partial charge in [-0.25, -0.2) is 0 Å². The number of H-pyrrole nitrogens is 1. The lowest BCUT2D eigenvalue weighted by Crippen LogP contribution is -2.51. The number of nitrogens with one attached hydrogen (secondary N) is 4. The van der Waals surface area contributed by atoms with Crippen molar-refractivity contribution in [2.24, 2.45) is 0 Å². The van der Waals surface area contributed by atoms with Gasteiger partial charge in [0.25, 0.3) is 0 Å². The molecular weight excluding hydrogens is 434 g/mol. The van der Waals surface area contributed by atoms with Crippen molar-refractivity contribution in [3.05, 3.63) is 42.8 Å². The highest BCUT2D eigenvalue weighted by molar-refractivity contribution is 5.85. The maximum atomic E-state index is 13.1. The second-order valence-electron chi connectivity index (χ2n) is 8.76. The first-order valence-corrected chi connectivity index (χ1v) is 11.7. The van der Waals surface area contributed by atoms with Gasteiger partial charge in [-0.2, -0.15) is 15.1 Å². The van der Waals surface area contributed by atoms with Gasteiger partial charge in [-0.3, -0.25) is 14.3 Å². The molecule has 11 heteroatoms. The number of furan rings is 1. The lowest BCUT2D eigenvalue weighted by atomic mass is 10.1. The summed E-state index contributed by atoms with van der Waals surface area (Å²) in [4.78, 5) is 24.7. The Morgan fingerprint density at radius 1 is 1.18 bits per heavy atom. The molecule has 2 fully saturated rings. The Kier molecular flexibility index (Phi) is 5.38. The van der Waals surface area contributed by atoms with Crippen LogP contribution in [0.5, 0.6) is 0 Å². The summed E-state index contributed by atoms with van der Waals surface area (Å²) in [5, 5.41) is 17.2. The van der Waals surface area contributed by atoms with Gasteiger partial charge in [0.2, 0.25) is 17.8 Å². The van der Waals surface area contributed by atoms with Crippen LogP contribution in [0.3, 0.4) is 0 Å². The van der Waals surface area contributed by atoms with Gasteiger partial charge in [0.1, 0.15) is 17.4 Å². The van der Waals surface area contributed by atoms with Crippen molar-refractivity contribution in [3.63, 3.8) is 0 Å². The number of rotatable bonds is 6. The van der Waals surface area contributed by atoms with Crippen LogP contribution in [0.25, 0.3) is 17.1 Å². The van der Waals surface area contributed by atoms with Gasteiger partial charge in [0.05, 0.1) is 6.26 Å². The van der Waals surface area contributed by atoms with Gasteiger partial charge >= 0.3 is 0 Å². The number of hydrogen-bond donors (Lipinski definition) is 4. The van der Waals surface area contributed by atoms with E-state index in [2.05, 4.69) is 26.1 Å². The zero-order chi connectivity index (χ0) is 22.9. The van der Waals surface area contributed by atoms with Crippen molar-refractivity contribution >= 4 is 29.3 Å². The van der Waals surface area contributed by atoms with Gasteiger partial charge in [0.15, 0.2) is 11.6 Å². The number of aromatic nitrogens is 5. The standard InChI is InChI=1S/C23H27N9O2/c33-21(25-15-5-1-9-24-14-15)17-6-2-10-31(17)23-27-20-8-3-11-32(20)22(28-23)26-19-13-16(29-30-19)18-7-4-12-34-18/h3-4,7-8,11-13,15,17,24H,1-2,5-6,9-10,14H2,(H,25,33)(H2,26,27,28,29,30)/t15-,17+/m1/s1. The molecule has 2 aliphatic rings. The van der Waals surface area contributed by atoms with E-state index in [4.69, 9.17) is 14.4 Å². The Balaban J connectivity index is 1.26. The summed E-state index contributed by atoms with van der Waals surface area (Å²) in [5.41, 5.74) is 1.51. The Morgan fingerprint density at radius 2 is 2.15 bits per heavy atom. The van der Waals surface area contributed by atoms with Crippen LogP contribution in [0, 0.1) is 0 Å². The molecule has 34 heavy (non-hydrogen) atoms. The topological polar surface area (TPSA) is 128 Å². The first kappa shape index (κ1) is 20.7. The SMILES string of the molecule is O=C(N[C@@H]1CCCNC1)[C@@H]1CCCN1c1nc(Nc2cc(-c3ccco3)[nH]n2)n2cccc2n1. The van der Waals surface area contributed by atoms with Crippen LogP contribution >= 0.6 is 0 Å². The van der Waals surface area contributed by atoms with E-state index in [9.17, 15) is 4.79 Å². The van der Waals surface area contributed by atoms with Crippen molar-refractivity contribution in [2.75, 3.05) is 29.9 Å². The summed E-state index contributed by atoms with van der Waals surface area (Å²) in [6.07, 6.45) is 7.32. The minimum absolute atomic E-state index is 0.0509. The fraction of sp³-hybridized carbons (Fsp3) is 0.391. The van der Waals surface area contributed by atoms with E-state index < -0.39 is 0 Å². The third-order valence-corrected chi connectivity index (χ3v) is 6.44. The van der Waals surface area contributed by atoms with Crippen LogP contribution in [0.4, 0.5) is 17.7 Å². The summed E-state index contributed by atoms with van der Waals surface area (Å²) in [6.45, 7) is 2.58. The normalized spacial score (nSPS) is 20.6. The lowest BCUT2D eigenvalue weighted by Gasteiger charge is -2.28. The molecular formula is C23H27N9O2. The number of carbonyl (C=O) groups is 1. The third kappa shape index (κ3) is 3.98. The van der Waals surface area contributed by atoms with Crippen LogP contribution in [-0.2, 0) is 4.79 Å². The van der Waals surface area contributed by atoms with E-state index in [-0.39, 0.29) is 18.0 Å². The zero-order valence-electron chi connectivity index (χ0n) is 18.7.